The minimum atomic E-state index is -0.379. The zero-order valence-corrected chi connectivity index (χ0v) is 11.4. The third-order valence-electron chi connectivity index (χ3n) is 3.53. The summed E-state index contributed by atoms with van der Waals surface area (Å²) in [4.78, 5) is 14.1. The number of nitrogens with two attached hydrogens (primary N) is 1. The van der Waals surface area contributed by atoms with Crippen molar-refractivity contribution in [3.63, 3.8) is 0 Å². The van der Waals surface area contributed by atoms with E-state index in [-0.39, 0.29) is 12.1 Å². The molecule has 1 unspecified atom stereocenters. The van der Waals surface area contributed by atoms with E-state index in [1.165, 1.54) is 7.11 Å². The molecule has 0 aromatic heterocycles. The minimum absolute atomic E-state index is 0.280. The number of esters is 1. The number of carbonyl (C=O) groups excluding carboxylic acids is 1. The van der Waals surface area contributed by atoms with Crippen LogP contribution in [0.25, 0.3) is 0 Å². The summed E-state index contributed by atoms with van der Waals surface area (Å²) in [6.07, 6.45) is 1.30. The first kappa shape index (κ1) is 13.8. The molecule has 5 nitrogen and oxygen atoms in total. The Balaban J connectivity index is 2.16. The molecule has 1 heterocycles. The van der Waals surface area contributed by atoms with Gasteiger partial charge in [-0.25, -0.2) is 4.79 Å². The van der Waals surface area contributed by atoms with Crippen molar-refractivity contribution in [2.24, 2.45) is 0 Å². The van der Waals surface area contributed by atoms with Gasteiger partial charge in [-0.3, -0.25) is 4.90 Å². The number of nitrogen functional groups attached to an aromatic ring is 1. The molecule has 1 aromatic carbocycles. The van der Waals surface area contributed by atoms with Crippen molar-refractivity contribution in [1.29, 1.82) is 0 Å². The number of carbonyl (C=O) groups is 1. The van der Waals surface area contributed by atoms with E-state index in [1.54, 1.807) is 13.2 Å². The summed E-state index contributed by atoms with van der Waals surface area (Å²) in [5.74, 6) is -0.379. The van der Waals surface area contributed by atoms with Crippen molar-refractivity contribution in [1.82, 2.24) is 4.90 Å². The van der Waals surface area contributed by atoms with Crippen molar-refractivity contribution >= 4 is 11.7 Å². The van der Waals surface area contributed by atoms with E-state index in [2.05, 4.69) is 4.90 Å². The van der Waals surface area contributed by atoms with Gasteiger partial charge in [0.2, 0.25) is 0 Å². The molecule has 1 fully saturated rings. The van der Waals surface area contributed by atoms with Gasteiger partial charge in [-0.2, -0.15) is 0 Å². The summed E-state index contributed by atoms with van der Waals surface area (Å²) in [6.45, 7) is 2.54. The topological polar surface area (TPSA) is 64.8 Å². The molecule has 5 heteroatoms. The summed E-state index contributed by atoms with van der Waals surface area (Å²) in [5, 5.41) is 0. The maximum Gasteiger partial charge on any atom is 0.340 e. The highest BCUT2D eigenvalue weighted by Crippen LogP contribution is 2.22. The summed E-state index contributed by atoms with van der Waals surface area (Å²) in [5.41, 5.74) is 7.73. The molecule has 0 spiro atoms. The zero-order valence-electron chi connectivity index (χ0n) is 11.4. The van der Waals surface area contributed by atoms with Gasteiger partial charge >= 0.3 is 5.97 Å². The van der Waals surface area contributed by atoms with Crippen molar-refractivity contribution in [3.8, 4) is 0 Å². The van der Waals surface area contributed by atoms with Crippen LogP contribution in [0.3, 0.4) is 0 Å². The molecule has 0 amide bonds. The second kappa shape index (κ2) is 6.04. The van der Waals surface area contributed by atoms with Gasteiger partial charge in [-0.1, -0.05) is 12.1 Å². The monoisotopic (exact) mass is 264 g/mol. The highest BCUT2D eigenvalue weighted by atomic mass is 16.5. The second-order valence-corrected chi connectivity index (χ2v) is 4.75. The molecule has 0 aliphatic carbocycles. The lowest BCUT2D eigenvalue weighted by Gasteiger charge is -2.18. The normalized spacial score (nSPS) is 19.6. The van der Waals surface area contributed by atoms with E-state index in [9.17, 15) is 4.79 Å². The smallest absolute Gasteiger partial charge is 0.340 e. The van der Waals surface area contributed by atoms with Crippen LogP contribution in [0.5, 0.6) is 0 Å². The average molecular weight is 264 g/mol. The van der Waals surface area contributed by atoms with E-state index in [0.29, 0.717) is 17.8 Å². The van der Waals surface area contributed by atoms with Crippen molar-refractivity contribution in [3.05, 3.63) is 29.3 Å². The number of methoxy groups -OCH3 is 2. The van der Waals surface area contributed by atoms with Gasteiger partial charge in [0.25, 0.3) is 0 Å². The molecule has 1 aliphatic rings. The predicted molar refractivity (Wildman–Crippen MR) is 72.9 cm³/mol. The standard InChI is InChI=1S/C14H20N2O3/c1-18-11-6-7-16(9-11)8-10-4-3-5-12(15)13(10)14(17)19-2/h3-5,11H,6-9,15H2,1-2H3. The van der Waals surface area contributed by atoms with Crippen LogP contribution in [0.4, 0.5) is 5.69 Å². The number of hydrogen-bond acceptors (Lipinski definition) is 5. The molecule has 2 rings (SSSR count). The van der Waals surface area contributed by atoms with Crippen molar-refractivity contribution in [2.45, 2.75) is 19.1 Å². The minimum Gasteiger partial charge on any atom is -0.465 e. The molecular formula is C14H20N2O3. The number of ether oxygens (including phenoxy) is 2. The Morgan fingerprint density at radius 1 is 1.47 bits per heavy atom. The summed E-state index contributed by atoms with van der Waals surface area (Å²) in [7, 11) is 3.10. The highest BCUT2D eigenvalue weighted by Gasteiger charge is 2.24. The number of hydrogen-bond donors (Lipinski definition) is 1. The largest absolute Gasteiger partial charge is 0.465 e. The predicted octanol–water partition coefficient (Wildman–Crippen LogP) is 1.28. The first-order valence-corrected chi connectivity index (χ1v) is 6.36. The van der Waals surface area contributed by atoms with Gasteiger partial charge in [-0.15, -0.1) is 0 Å². The molecule has 0 saturated carbocycles. The number of likely N-dealkylation sites (tertiary alicyclic amines) is 1. The van der Waals surface area contributed by atoms with Crippen LogP contribution in [0.15, 0.2) is 18.2 Å². The molecule has 1 aliphatic heterocycles. The maximum atomic E-state index is 11.8. The lowest BCUT2D eigenvalue weighted by Crippen LogP contribution is -2.24. The fraction of sp³-hybridized carbons (Fsp3) is 0.500. The quantitative estimate of drug-likeness (QED) is 0.655. The van der Waals surface area contributed by atoms with Crippen LogP contribution in [0.1, 0.15) is 22.3 Å². The molecule has 104 valence electrons. The van der Waals surface area contributed by atoms with Gasteiger partial charge < -0.3 is 15.2 Å². The zero-order chi connectivity index (χ0) is 13.8. The molecule has 0 radical (unpaired) electrons. The van der Waals surface area contributed by atoms with E-state index in [4.69, 9.17) is 15.2 Å². The fourth-order valence-corrected chi connectivity index (χ4v) is 2.48. The molecular weight excluding hydrogens is 244 g/mol. The van der Waals surface area contributed by atoms with Gasteiger partial charge in [0.1, 0.15) is 0 Å². The molecule has 19 heavy (non-hydrogen) atoms. The number of benzene rings is 1. The van der Waals surface area contributed by atoms with E-state index >= 15 is 0 Å². The second-order valence-electron chi connectivity index (χ2n) is 4.75. The van der Waals surface area contributed by atoms with Crippen LogP contribution >= 0.6 is 0 Å². The van der Waals surface area contributed by atoms with E-state index in [1.807, 2.05) is 12.1 Å². The van der Waals surface area contributed by atoms with Crippen LogP contribution in [-0.4, -0.2) is 44.3 Å². The summed E-state index contributed by atoms with van der Waals surface area (Å²) < 4.78 is 10.1. The average Bonchev–Trinajstić information content (AvgIpc) is 2.86. The highest BCUT2D eigenvalue weighted by molar-refractivity contribution is 5.96. The van der Waals surface area contributed by atoms with Crippen molar-refractivity contribution in [2.75, 3.05) is 33.0 Å². The lowest BCUT2D eigenvalue weighted by molar-refractivity contribution is 0.0599. The molecule has 1 aromatic rings. The molecule has 2 N–H and O–H groups in total. The Hall–Kier alpha value is -1.59. The molecule has 1 saturated heterocycles. The van der Waals surface area contributed by atoms with Gasteiger partial charge in [0.05, 0.1) is 18.8 Å². The SMILES string of the molecule is COC(=O)c1c(N)cccc1CN1CCC(OC)C1. The Bertz CT molecular complexity index is 462. The van der Waals surface area contributed by atoms with E-state index in [0.717, 1.165) is 25.1 Å². The lowest BCUT2D eigenvalue weighted by atomic mass is 10.1. The first-order valence-electron chi connectivity index (χ1n) is 6.36. The first-order chi connectivity index (χ1) is 9.15. The Labute approximate surface area is 113 Å². The Morgan fingerprint density at radius 3 is 2.89 bits per heavy atom. The third-order valence-corrected chi connectivity index (χ3v) is 3.53. The van der Waals surface area contributed by atoms with Crippen LogP contribution < -0.4 is 5.73 Å². The van der Waals surface area contributed by atoms with Gasteiger partial charge in [-0.05, 0) is 18.1 Å². The van der Waals surface area contributed by atoms with Gasteiger partial charge in [0.15, 0.2) is 0 Å². The summed E-state index contributed by atoms with van der Waals surface area (Å²) in [6, 6.07) is 5.50. The van der Waals surface area contributed by atoms with Crippen LogP contribution in [0, 0.1) is 0 Å². The van der Waals surface area contributed by atoms with Gasteiger partial charge in [0, 0.05) is 32.4 Å². The number of anilines is 1. The third kappa shape index (κ3) is 3.05. The Morgan fingerprint density at radius 2 is 2.26 bits per heavy atom. The number of nitrogens with zero attached hydrogens (tertiary/aromatic N) is 1. The number of rotatable bonds is 4. The molecule has 1 atom stereocenters. The van der Waals surface area contributed by atoms with Crippen molar-refractivity contribution < 1.29 is 14.3 Å². The van der Waals surface area contributed by atoms with Crippen LogP contribution in [0.2, 0.25) is 0 Å². The van der Waals surface area contributed by atoms with Crippen LogP contribution in [-0.2, 0) is 16.0 Å². The molecule has 0 bridgehead atoms. The fourth-order valence-electron chi connectivity index (χ4n) is 2.48. The Kier molecular flexibility index (Phi) is 4.39. The van der Waals surface area contributed by atoms with E-state index < -0.39 is 0 Å². The summed E-state index contributed by atoms with van der Waals surface area (Å²) >= 11 is 0. The maximum absolute atomic E-state index is 11.8.